The van der Waals surface area contributed by atoms with E-state index in [2.05, 4.69) is 20.9 Å². The van der Waals surface area contributed by atoms with Gasteiger partial charge in [0.15, 0.2) is 0 Å². The summed E-state index contributed by atoms with van der Waals surface area (Å²) in [5.41, 5.74) is 2.98. The quantitative estimate of drug-likeness (QED) is 0.561. The van der Waals surface area contributed by atoms with Gasteiger partial charge in [0.1, 0.15) is 16.8 Å². The molecule has 0 saturated carbocycles. The fraction of sp³-hybridized carbons (Fsp3) is 0.250. The minimum absolute atomic E-state index is 0.0102. The Morgan fingerprint density at radius 3 is 2.59 bits per heavy atom. The highest BCUT2D eigenvalue weighted by molar-refractivity contribution is 8.00. The van der Waals surface area contributed by atoms with Crippen LogP contribution in [0, 0.1) is 6.92 Å². The zero-order valence-electron chi connectivity index (χ0n) is 16.8. The number of anilines is 1. The lowest BCUT2D eigenvalue weighted by Crippen LogP contribution is -2.41. The van der Waals surface area contributed by atoms with E-state index in [1.807, 2.05) is 12.1 Å². The van der Waals surface area contributed by atoms with Crippen LogP contribution in [0.25, 0.3) is 0 Å². The molecule has 4 rings (SSSR count). The van der Waals surface area contributed by atoms with Gasteiger partial charge in [-0.2, -0.15) is 13.2 Å². The van der Waals surface area contributed by atoms with Crippen LogP contribution in [0.1, 0.15) is 23.0 Å². The number of aryl methyl sites for hydroxylation is 1. The number of carbonyl (C=O) groups excluding carboxylic acids is 1. The van der Waals surface area contributed by atoms with E-state index in [1.54, 1.807) is 30.8 Å². The van der Waals surface area contributed by atoms with Crippen molar-refractivity contribution in [2.45, 2.75) is 29.5 Å². The molecule has 2 N–H and O–H groups in total. The van der Waals surface area contributed by atoms with E-state index in [1.165, 1.54) is 17.8 Å². The second-order valence-electron chi connectivity index (χ2n) is 6.97. The third-order valence-electron chi connectivity index (χ3n) is 4.87. The molecule has 0 fully saturated rings. The lowest BCUT2D eigenvalue weighted by atomic mass is 10.0. The first kappa shape index (κ1) is 22.3. The second-order valence-corrected chi connectivity index (χ2v) is 8.48. The summed E-state index contributed by atoms with van der Waals surface area (Å²) in [5.74, 6) is 0.767. The highest BCUT2D eigenvalue weighted by Gasteiger charge is 2.38. The van der Waals surface area contributed by atoms with Crippen molar-refractivity contribution in [2.24, 2.45) is 0 Å². The van der Waals surface area contributed by atoms with E-state index >= 15 is 0 Å². The minimum Gasteiger partial charge on any atom is -0.497 e. The molecule has 1 aromatic heterocycles. The van der Waals surface area contributed by atoms with Crippen molar-refractivity contribution in [3.05, 3.63) is 64.4 Å². The van der Waals surface area contributed by atoms with Gasteiger partial charge in [-0.3, -0.25) is 4.79 Å². The van der Waals surface area contributed by atoms with Crippen LogP contribution in [-0.2, 0) is 11.0 Å². The maximum absolute atomic E-state index is 13.2. The number of hydrogen-bond acceptors (Lipinski definition) is 6. The number of benzene rings is 2. The van der Waals surface area contributed by atoms with E-state index < -0.39 is 34.0 Å². The molecule has 0 unspecified atom stereocenters. The number of amides is 1. The maximum Gasteiger partial charge on any atom is 0.417 e. The number of methoxy groups -OCH3 is 1. The Labute approximate surface area is 190 Å². The lowest BCUT2D eigenvalue weighted by Gasteiger charge is -2.32. The first-order valence-electron chi connectivity index (χ1n) is 9.34. The van der Waals surface area contributed by atoms with Gasteiger partial charge in [0.25, 0.3) is 0 Å². The van der Waals surface area contributed by atoms with E-state index in [9.17, 15) is 18.0 Å². The molecule has 1 amide bonds. The van der Waals surface area contributed by atoms with E-state index in [4.69, 9.17) is 16.3 Å². The molecule has 2 heterocycles. The molecule has 2 aromatic carbocycles. The SMILES string of the molecule is COc1ccc([C@@H]2Nn3c(C)nnc3S[C@H]2C(=O)Nc2ccc(Cl)c(C(F)(F)F)c2)cc1. The predicted octanol–water partition coefficient (Wildman–Crippen LogP) is 4.67. The summed E-state index contributed by atoms with van der Waals surface area (Å²) in [6.07, 6.45) is -4.64. The highest BCUT2D eigenvalue weighted by Crippen LogP contribution is 2.39. The third-order valence-corrected chi connectivity index (χ3v) is 6.42. The summed E-state index contributed by atoms with van der Waals surface area (Å²) in [6, 6.07) is 9.88. The smallest absolute Gasteiger partial charge is 0.417 e. The molecule has 0 radical (unpaired) electrons. The molecule has 0 aliphatic carbocycles. The monoisotopic (exact) mass is 483 g/mol. The first-order valence-corrected chi connectivity index (χ1v) is 10.6. The van der Waals surface area contributed by atoms with Gasteiger partial charge in [0.05, 0.1) is 23.7 Å². The molecule has 0 saturated heterocycles. The molecule has 7 nitrogen and oxygen atoms in total. The lowest BCUT2D eigenvalue weighted by molar-refractivity contribution is -0.137. The van der Waals surface area contributed by atoms with Gasteiger partial charge in [0.2, 0.25) is 11.1 Å². The number of rotatable bonds is 4. The highest BCUT2D eigenvalue weighted by atomic mass is 35.5. The van der Waals surface area contributed by atoms with E-state index in [0.717, 1.165) is 17.7 Å². The van der Waals surface area contributed by atoms with Crippen LogP contribution in [0.4, 0.5) is 18.9 Å². The zero-order chi connectivity index (χ0) is 23.0. The summed E-state index contributed by atoms with van der Waals surface area (Å²) in [4.78, 5) is 13.2. The molecule has 2 atom stereocenters. The number of hydrogen-bond donors (Lipinski definition) is 2. The van der Waals surface area contributed by atoms with Crippen LogP contribution in [0.2, 0.25) is 5.02 Å². The Morgan fingerprint density at radius 2 is 1.94 bits per heavy atom. The fourth-order valence-corrected chi connectivity index (χ4v) is 4.61. The van der Waals surface area contributed by atoms with Crippen LogP contribution < -0.4 is 15.5 Å². The van der Waals surface area contributed by atoms with Gasteiger partial charge in [-0.15, -0.1) is 10.2 Å². The van der Waals surface area contributed by atoms with Crippen molar-refractivity contribution in [1.82, 2.24) is 14.9 Å². The zero-order valence-corrected chi connectivity index (χ0v) is 18.3. The van der Waals surface area contributed by atoms with E-state index in [0.29, 0.717) is 16.7 Å². The Kier molecular flexibility index (Phi) is 5.95. The standard InChI is InChI=1S/C20H17ClF3N5O2S/c1-10-26-27-19-29(10)28-16(11-3-6-13(31-2)7-4-11)17(32-19)18(30)25-12-5-8-15(21)14(9-12)20(22,23)24/h3-9,16-17,28H,1-2H3,(H,25,30)/t16-,17+/m0/s1. The number of carbonyl (C=O) groups is 1. The summed E-state index contributed by atoms with van der Waals surface area (Å²) < 4.78 is 46.4. The molecule has 0 spiro atoms. The molecule has 3 aromatic rings. The number of halogens is 4. The third kappa shape index (κ3) is 4.35. The molecule has 0 bridgehead atoms. The van der Waals surface area contributed by atoms with Crippen molar-refractivity contribution >= 4 is 35.0 Å². The van der Waals surface area contributed by atoms with Crippen LogP contribution in [-0.4, -0.2) is 33.1 Å². The Hall–Kier alpha value is -2.92. The number of nitrogens with one attached hydrogen (secondary N) is 2. The number of fused-ring (bicyclic) bond motifs is 1. The Morgan fingerprint density at radius 1 is 1.22 bits per heavy atom. The van der Waals surface area contributed by atoms with Gasteiger partial charge in [-0.25, -0.2) is 4.68 Å². The van der Waals surface area contributed by atoms with Crippen molar-refractivity contribution in [1.29, 1.82) is 0 Å². The van der Waals surface area contributed by atoms with Gasteiger partial charge in [-0.1, -0.05) is 35.5 Å². The maximum atomic E-state index is 13.2. The molecule has 1 aliphatic rings. The van der Waals surface area contributed by atoms with Gasteiger partial charge < -0.3 is 15.5 Å². The van der Waals surface area contributed by atoms with Crippen LogP contribution in [0.5, 0.6) is 5.75 Å². The molecule has 32 heavy (non-hydrogen) atoms. The molecular weight excluding hydrogens is 467 g/mol. The fourth-order valence-electron chi connectivity index (χ4n) is 3.26. The molecule has 168 valence electrons. The van der Waals surface area contributed by atoms with Crippen molar-refractivity contribution in [3.63, 3.8) is 0 Å². The van der Waals surface area contributed by atoms with Crippen LogP contribution in [0.15, 0.2) is 47.6 Å². The number of ether oxygens (including phenoxy) is 1. The molecule has 12 heteroatoms. The average Bonchev–Trinajstić information content (AvgIpc) is 3.13. The summed E-state index contributed by atoms with van der Waals surface area (Å²) in [6.45, 7) is 1.77. The van der Waals surface area contributed by atoms with Crippen molar-refractivity contribution in [3.8, 4) is 5.75 Å². The van der Waals surface area contributed by atoms with Gasteiger partial charge >= 0.3 is 6.18 Å². The van der Waals surface area contributed by atoms with Crippen molar-refractivity contribution in [2.75, 3.05) is 17.9 Å². The number of thioether (sulfide) groups is 1. The number of nitrogens with zero attached hydrogens (tertiary/aromatic N) is 3. The predicted molar refractivity (Wildman–Crippen MR) is 115 cm³/mol. The summed E-state index contributed by atoms with van der Waals surface area (Å²) in [5, 5.41) is 9.93. The Balaban J connectivity index is 1.65. The Bertz CT molecular complexity index is 1150. The van der Waals surface area contributed by atoms with Crippen molar-refractivity contribution < 1.29 is 22.7 Å². The number of alkyl halides is 3. The van der Waals surface area contributed by atoms with Gasteiger partial charge in [0, 0.05) is 5.69 Å². The molecular formula is C20H17ClF3N5O2S. The second kappa shape index (κ2) is 8.55. The summed E-state index contributed by atoms with van der Waals surface area (Å²) >= 11 is 6.84. The minimum atomic E-state index is -4.64. The number of aromatic nitrogens is 3. The normalized spacial score (nSPS) is 17.9. The largest absolute Gasteiger partial charge is 0.497 e. The molecule has 1 aliphatic heterocycles. The van der Waals surface area contributed by atoms with E-state index in [-0.39, 0.29) is 5.69 Å². The average molecular weight is 484 g/mol. The van der Waals surface area contributed by atoms with Crippen LogP contribution in [0.3, 0.4) is 0 Å². The van der Waals surface area contributed by atoms with Gasteiger partial charge in [-0.05, 0) is 42.8 Å². The topological polar surface area (TPSA) is 81.1 Å². The first-order chi connectivity index (χ1) is 15.2. The van der Waals surface area contributed by atoms with Crippen LogP contribution >= 0.6 is 23.4 Å². The summed E-state index contributed by atoms with van der Waals surface area (Å²) in [7, 11) is 1.55.